The van der Waals surface area contributed by atoms with Crippen LogP contribution in [0.5, 0.6) is 0 Å². The fourth-order valence-electron chi connectivity index (χ4n) is 6.34. The van der Waals surface area contributed by atoms with Gasteiger partial charge in [0.2, 0.25) is 17.7 Å². The van der Waals surface area contributed by atoms with E-state index in [1.54, 1.807) is 21.9 Å². The van der Waals surface area contributed by atoms with Crippen LogP contribution in [0.25, 0.3) is 0 Å². The van der Waals surface area contributed by atoms with Crippen molar-refractivity contribution in [1.29, 1.82) is 0 Å². The van der Waals surface area contributed by atoms with Crippen molar-refractivity contribution >= 4 is 40.9 Å². The Labute approximate surface area is 239 Å². The van der Waals surface area contributed by atoms with Crippen molar-refractivity contribution in [2.75, 3.05) is 13.1 Å². The molecule has 3 aliphatic heterocycles. The molecule has 0 aliphatic carbocycles. The molecule has 0 bridgehead atoms. The minimum Gasteiger partial charge on any atom is -0.370 e. The first-order chi connectivity index (χ1) is 18.7. The zero-order valence-corrected chi connectivity index (χ0v) is 23.4. The number of nitrogens with two attached hydrogens (primary N) is 2. The smallest absolute Gasteiger partial charge is 0.245 e. The number of primary amides is 1. The van der Waals surface area contributed by atoms with Gasteiger partial charge in [-0.2, -0.15) is 0 Å². The molecule has 0 spiro atoms. The normalized spacial score (nSPS) is 23.9. The molecule has 3 amide bonds. The number of hydrogen-bond acceptors (Lipinski definition) is 5. The van der Waals surface area contributed by atoms with Crippen LogP contribution < -0.4 is 11.5 Å². The number of hydrogen-bond donors (Lipinski definition) is 2. The maximum atomic E-state index is 14.0. The summed E-state index contributed by atoms with van der Waals surface area (Å²) in [6.07, 6.45) is 3.29. The van der Waals surface area contributed by atoms with E-state index >= 15 is 0 Å². The van der Waals surface area contributed by atoms with Crippen LogP contribution in [-0.4, -0.2) is 69.7 Å². The van der Waals surface area contributed by atoms with E-state index in [4.69, 9.17) is 34.7 Å². The largest absolute Gasteiger partial charge is 0.370 e. The summed E-state index contributed by atoms with van der Waals surface area (Å²) in [7, 11) is 0. The number of carbonyl (C=O) groups excluding carboxylic acids is 3. The van der Waals surface area contributed by atoms with Gasteiger partial charge in [-0.3, -0.25) is 19.3 Å². The van der Waals surface area contributed by atoms with Crippen LogP contribution in [-0.2, 0) is 33.9 Å². The molecule has 0 radical (unpaired) electrons. The van der Waals surface area contributed by atoms with E-state index in [0.29, 0.717) is 42.6 Å². The van der Waals surface area contributed by atoms with Gasteiger partial charge in [0.15, 0.2) is 0 Å². The van der Waals surface area contributed by atoms with E-state index in [1.807, 2.05) is 18.2 Å². The predicted molar refractivity (Wildman–Crippen MR) is 151 cm³/mol. The average molecular weight is 573 g/mol. The zero-order chi connectivity index (χ0) is 27.7. The van der Waals surface area contributed by atoms with Gasteiger partial charge < -0.3 is 21.3 Å². The number of benzene rings is 2. The number of rotatable bonds is 8. The van der Waals surface area contributed by atoms with Crippen molar-refractivity contribution < 1.29 is 14.4 Å². The van der Waals surface area contributed by atoms with Crippen LogP contribution in [0.1, 0.15) is 48.8 Å². The number of aryl methyl sites for hydroxylation is 1. The van der Waals surface area contributed by atoms with Gasteiger partial charge in [-0.05, 0) is 60.9 Å². The molecular formula is C29H35Cl2N5O3. The van der Waals surface area contributed by atoms with Gasteiger partial charge in [0.25, 0.3) is 0 Å². The lowest BCUT2D eigenvalue weighted by Gasteiger charge is -2.34. The monoisotopic (exact) mass is 571 g/mol. The summed E-state index contributed by atoms with van der Waals surface area (Å²) in [4.78, 5) is 45.4. The SMILES string of the molecule is NC(=O)CC[C@H](C(=O)N1Cc2cc(Cl)c(Cl)cc2C1)N1CCC(CCc2ccccc2)N2CC(N)CC2C1=O. The minimum absolute atomic E-state index is 0.0178. The molecule has 10 heteroatoms. The van der Waals surface area contributed by atoms with Crippen molar-refractivity contribution in [3.05, 3.63) is 69.2 Å². The molecule has 3 unspecified atom stereocenters. The molecule has 0 aromatic heterocycles. The van der Waals surface area contributed by atoms with Crippen molar-refractivity contribution in [2.45, 2.75) is 75.8 Å². The highest BCUT2D eigenvalue weighted by atomic mass is 35.5. The van der Waals surface area contributed by atoms with Crippen molar-refractivity contribution in [3.8, 4) is 0 Å². The summed E-state index contributed by atoms with van der Waals surface area (Å²) in [5, 5.41) is 0.883. The lowest BCUT2D eigenvalue weighted by atomic mass is 10.0. The first-order valence-corrected chi connectivity index (χ1v) is 14.4. The number of carbonyl (C=O) groups is 3. The van der Waals surface area contributed by atoms with Crippen molar-refractivity contribution in [3.63, 3.8) is 0 Å². The second-order valence-electron chi connectivity index (χ2n) is 11.0. The van der Waals surface area contributed by atoms with Gasteiger partial charge in [0.1, 0.15) is 6.04 Å². The number of fused-ring (bicyclic) bond motifs is 2. The van der Waals surface area contributed by atoms with E-state index in [0.717, 1.165) is 30.4 Å². The van der Waals surface area contributed by atoms with E-state index in [9.17, 15) is 14.4 Å². The molecule has 4 atom stereocenters. The molecule has 3 heterocycles. The van der Waals surface area contributed by atoms with Crippen molar-refractivity contribution in [2.24, 2.45) is 11.5 Å². The van der Waals surface area contributed by atoms with E-state index in [1.165, 1.54) is 5.56 Å². The standard InChI is InChI=1S/C29H35Cl2N5O3/c30-23-12-19-15-34(16-20(19)13-24(23)31)28(38)25(8-9-27(33)37)35-11-10-22(7-6-18-4-2-1-3-5-18)36-17-21(32)14-26(36)29(35)39/h1-5,12-13,21-22,25-26H,6-11,14-17,32H2,(H2,33,37)/t21?,22?,25-,26?/m1/s1. The Bertz CT molecular complexity index is 1210. The maximum absolute atomic E-state index is 14.0. The Morgan fingerprint density at radius 2 is 1.72 bits per heavy atom. The Balaban J connectivity index is 1.37. The summed E-state index contributed by atoms with van der Waals surface area (Å²) < 4.78 is 0. The highest BCUT2D eigenvalue weighted by molar-refractivity contribution is 6.42. The Kier molecular flexibility index (Phi) is 8.47. The van der Waals surface area contributed by atoms with Crippen LogP contribution in [0.4, 0.5) is 0 Å². The number of halogens is 2. The van der Waals surface area contributed by atoms with Gasteiger partial charge in [0, 0.05) is 44.7 Å². The highest BCUT2D eigenvalue weighted by Crippen LogP contribution is 2.34. The summed E-state index contributed by atoms with van der Waals surface area (Å²) in [5.74, 6) is -0.774. The van der Waals surface area contributed by atoms with Gasteiger partial charge in [-0.15, -0.1) is 0 Å². The summed E-state index contributed by atoms with van der Waals surface area (Å²) in [5.41, 5.74) is 15.0. The Hall–Kier alpha value is -2.65. The molecule has 8 nitrogen and oxygen atoms in total. The molecule has 4 N–H and O–H groups in total. The second kappa shape index (κ2) is 11.8. The molecule has 39 heavy (non-hydrogen) atoms. The molecule has 2 aromatic rings. The van der Waals surface area contributed by atoms with E-state index < -0.39 is 11.9 Å². The molecule has 5 rings (SSSR count). The van der Waals surface area contributed by atoms with Gasteiger partial charge in [0.05, 0.1) is 16.1 Å². The zero-order valence-electron chi connectivity index (χ0n) is 21.9. The Morgan fingerprint density at radius 1 is 1.05 bits per heavy atom. The molecule has 208 valence electrons. The highest BCUT2D eigenvalue weighted by Gasteiger charge is 2.46. The third-order valence-electron chi connectivity index (χ3n) is 8.32. The van der Waals surface area contributed by atoms with Crippen LogP contribution in [0.3, 0.4) is 0 Å². The lowest BCUT2D eigenvalue weighted by molar-refractivity contribution is -0.148. The van der Waals surface area contributed by atoms with Crippen LogP contribution >= 0.6 is 23.2 Å². The number of nitrogens with zero attached hydrogens (tertiary/aromatic N) is 3. The van der Waals surface area contributed by atoms with Crippen molar-refractivity contribution in [1.82, 2.24) is 14.7 Å². The predicted octanol–water partition coefficient (Wildman–Crippen LogP) is 3.11. The topological polar surface area (TPSA) is 113 Å². The van der Waals surface area contributed by atoms with Gasteiger partial charge in [-0.25, -0.2) is 0 Å². The fourth-order valence-corrected chi connectivity index (χ4v) is 6.72. The third-order valence-corrected chi connectivity index (χ3v) is 9.05. The quantitative estimate of drug-likeness (QED) is 0.505. The van der Waals surface area contributed by atoms with E-state index in [2.05, 4.69) is 17.0 Å². The average Bonchev–Trinajstić information content (AvgIpc) is 3.47. The van der Waals surface area contributed by atoms with Crippen LogP contribution in [0.2, 0.25) is 10.0 Å². The van der Waals surface area contributed by atoms with Gasteiger partial charge in [-0.1, -0.05) is 53.5 Å². The van der Waals surface area contributed by atoms with Gasteiger partial charge >= 0.3 is 0 Å². The molecule has 2 aromatic carbocycles. The van der Waals surface area contributed by atoms with E-state index in [-0.39, 0.29) is 42.8 Å². The molecule has 0 saturated carbocycles. The lowest BCUT2D eigenvalue weighted by Crippen LogP contribution is -2.53. The Morgan fingerprint density at radius 3 is 2.36 bits per heavy atom. The molecule has 3 aliphatic rings. The van der Waals surface area contributed by atoms with Crippen LogP contribution in [0, 0.1) is 0 Å². The first kappa shape index (κ1) is 27.9. The molecular weight excluding hydrogens is 537 g/mol. The summed E-state index contributed by atoms with van der Waals surface area (Å²) >= 11 is 12.4. The summed E-state index contributed by atoms with van der Waals surface area (Å²) in [6, 6.07) is 12.8. The minimum atomic E-state index is -0.781. The summed E-state index contributed by atoms with van der Waals surface area (Å²) in [6.45, 7) is 1.85. The number of amides is 3. The van der Waals surface area contributed by atoms with Crippen LogP contribution in [0.15, 0.2) is 42.5 Å². The fraction of sp³-hybridized carbons (Fsp3) is 0.483. The molecule has 2 fully saturated rings. The molecule has 2 saturated heterocycles. The maximum Gasteiger partial charge on any atom is 0.245 e. The third kappa shape index (κ3) is 6.09. The second-order valence-corrected chi connectivity index (χ2v) is 11.8. The first-order valence-electron chi connectivity index (χ1n) is 13.6.